The van der Waals surface area contributed by atoms with E-state index in [1.807, 2.05) is 24.9 Å². The molecule has 0 N–H and O–H groups in total. The molecule has 2 heteroatoms. The molecule has 1 heterocycles. The summed E-state index contributed by atoms with van der Waals surface area (Å²) in [5.41, 5.74) is 4.70. The highest BCUT2D eigenvalue weighted by Gasteiger charge is 2.24. The molecule has 0 aliphatic heterocycles. The van der Waals surface area contributed by atoms with Crippen molar-refractivity contribution in [2.75, 3.05) is 0 Å². The molecule has 0 bridgehead atoms. The average Bonchev–Trinajstić information content (AvgIpc) is 3.24. The first-order valence-electron chi connectivity index (χ1n) is 7.27. The lowest BCUT2D eigenvalue weighted by molar-refractivity contribution is -0.114. The third-order valence-corrected chi connectivity index (χ3v) is 4.29. The Hall–Kier alpha value is -1.44. The summed E-state index contributed by atoms with van der Waals surface area (Å²) in [7, 11) is 0. The summed E-state index contributed by atoms with van der Waals surface area (Å²) in [4.78, 5) is 16.3. The van der Waals surface area contributed by atoms with Crippen LogP contribution >= 0.6 is 0 Å². The number of Topliss-reactive ketones (excluding diaryl/α,β-unsaturated/α-hetero) is 1. The van der Waals surface area contributed by atoms with Crippen LogP contribution in [0.15, 0.2) is 24.0 Å². The number of pyridine rings is 1. The number of rotatable bonds is 4. The Bertz CT molecular complexity index is 524. The van der Waals surface area contributed by atoms with Crippen molar-refractivity contribution < 1.29 is 4.79 Å². The van der Waals surface area contributed by atoms with E-state index in [2.05, 4.69) is 11.9 Å². The first-order chi connectivity index (χ1) is 9.25. The second kappa shape index (κ2) is 5.28. The van der Waals surface area contributed by atoms with Crippen LogP contribution in [0.1, 0.15) is 54.7 Å². The van der Waals surface area contributed by atoms with Crippen LogP contribution in [-0.4, -0.2) is 10.8 Å². The van der Waals surface area contributed by atoms with Crippen molar-refractivity contribution in [3.8, 4) is 0 Å². The fraction of sp³-hybridized carbons (Fsp3) is 0.471. The number of hydrogen-bond donors (Lipinski definition) is 0. The van der Waals surface area contributed by atoms with E-state index in [-0.39, 0.29) is 5.78 Å². The van der Waals surface area contributed by atoms with Crippen LogP contribution in [0, 0.1) is 13.3 Å². The molecular formula is C17H20NO. The zero-order chi connectivity index (χ0) is 13.2. The average molecular weight is 254 g/mol. The third-order valence-electron chi connectivity index (χ3n) is 4.29. The van der Waals surface area contributed by atoms with Crippen LogP contribution in [0.2, 0.25) is 0 Å². The molecule has 0 amide bonds. The van der Waals surface area contributed by atoms with Gasteiger partial charge in [-0.2, -0.15) is 0 Å². The Morgan fingerprint density at radius 2 is 2.00 bits per heavy atom. The van der Waals surface area contributed by atoms with Crippen LogP contribution in [0.3, 0.4) is 0 Å². The number of aryl methyl sites for hydroxylation is 1. The molecule has 1 aromatic heterocycles. The van der Waals surface area contributed by atoms with E-state index >= 15 is 0 Å². The van der Waals surface area contributed by atoms with E-state index in [1.54, 1.807) is 0 Å². The molecule has 0 atom stereocenters. The van der Waals surface area contributed by atoms with Gasteiger partial charge < -0.3 is 0 Å². The summed E-state index contributed by atoms with van der Waals surface area (Å²) < 4.78 is 0. The predicted molar refractivity (Wildman–Crippen MR) is 75.9 cm³/mol. The molecule has 0 unspecified atom stereocenters. The van der Waals surface area contributed by atoms with Crippen molar-refractivity contribution in [1.82, 2.24) is 4.98 Å². The van der Waals surface area contributed by atoms with Gasteiger partial charge in [0.2, 0.25) is 0 Å². The zero-order valence-electron chi connectivity index (χ0n) is 11.5. The SMILES string of the molecule is Cc1cncc(CC(=O)C2=C[CH]2)c1C1CCCCC1. The van der Waals surface area contributed by atoms with Crippen molar-refractivity contribution in [2.45, 2.75) is 51.4 Å². The maximum Gasteiger partial charge on any atom is 0.163 e. The standard InChI is InChI=1S/C17H20NO/c1-12-10-18-11-15(9-16(19)13-7-8-13)17(12)14-5-3-2-4-6-14/h7-8,10-11,14H,2-6,9H2,1H3. The minimum absolute atomic E-state index is 0.240. The molecule has 19 heavy (non-hydrogen) atoms. The fourth-order valence-electron chi connectivity index (χ4n) is 3.25. The van der Waals surface area contributed by atoms with Crippen LogP contribution in [-0.2, 0) is 11.2 Å². The molecule has 0 spiro atoms. The first-order valence-corrected chi connectivity index (χ1v) is 7.27. The van der Waals surface area contributed by atoms with E-state index in [0.717, 1.165) is 11.1 Å². The molecule has 1 radical (unpaired) electrons. The Morgan fingerprint density at radius 3 is 2.68 bits per heavy atom. The number of allylic oxidation sites excluding steroid dienone is 2. The van der Waals surface area contributed by atoms with Gasteiger partial charge in [0.25, 0.3) is 0 Å². The maximum absolute atomic E-state index is 12.0. The minimum Gasteiger partial charge on any atom is -0.294 e. The first kappa shape index (κ1) is 12.6. The number of nitrogens with zero attached hydrogens (tertiary/aromatic N) is 1. The summed E-state index contributed by atoms with van der Waals surface area (Å²) in [6.07, 6.45) is 14.7. The van der Waals surface area contributed by atoms with Crippen LogP contribution in [0.5, 0.6) is 0 Å². The predicted octanol–water partition coefficient (Wildman–Crippen LogP) is 3.69. The molecule has 2 aliphatic rings. The highest BCUT2D eigenvalue weighted by Crippen LogP contribution is 2.36. The lowest BCUT2D eigenvalue weighted by Gasteiger charge is -2.25. The smallest absolute Gasteiger partial charge is 0.163 e. The lowest BCUT2D eigenvalue weighted by atomic mass is 9.80. The molecule has 1 aromatic rings. The van der Waals surface area contributed by atoms with Gasteiger partial charge in [-0.1, -0.05) is 25.3 Å². The van der Waals surface area contributed by atoms with Gasteiger partial charge in [-0.05, 0) is 47.9 Å². The van der Waals surface area contributed by atoms with Crippen molar-refractivity contribution in [1.29, 1.82) is 0 Å². The van der Waals surface area contributed by atoms with E-state index < -0.39 is 0 Å². The minimum atomic E-state index is 0.240. The van der Waals surface area contributed by atoms with Crippen molar-refractivity contribution >= 4 is 5.78 Å². The molecule has 99 valence electrons. The van der Waals surface area contributed by atoms with Crippen molar-refractivity contribution in [2.24, 2.45) is 0 Å². The molecule has 2 aliphatic carbocycles. The summed E-state index contributed by atoms with van der Waals surface area (Å²) in [6.45, 7) is 2.13. The van der Waals surface area contributed by atoms with E-state index in [9.17, 15) is 4.79 Å². The molecule has 2 nitrogen and oxygen atoms in total. The third kappa shape index (κ3) is 2.78. The molecule has 0 aromatic carbocycles. The number of carbonyl (C=O) groups excluding carboxylic acids is 1. The van der Waals surface area contributed by atoms with Crippen molar-refractivity contribution in [3.63, 3.8) is 0 Å². The van der Waals surface area contributed by atoms with Gasteiger partial charge in [0.05, 0.1) is 0 Å². The largest absolute Gasteiger partial charge is 0.294 e. The quantitative estimate of drug-likeness (QED) is 0.820. The van der Waals surface area contributed by atoms with Crippen LogP contribution in [0.25, 0.3) is 0 Å². The Morgan fingerprint density at radius 1 is 1.26 bits per heavy atom. The van der Waals surface area contributed by atoms with E-state index in [1.165, 1.54) is 43.2 Å². The maximum atomic E-state index is 12.0. The molecule has 1 saturated carbocycles. The molecule has 0 saturated heterocycles. The Labute approximate surface area is 114 Å². The van der Waals surface area contributed by atoms with Gasteiger partial charge in [-0.15, -0.1) is 0 Å². The van der Waals surface area contributed by atoms with Crippen LogP contribution < -0.4 is 0 Å². The topological polar surface area (TPSA) is 30.0 Å². The summed E-state index contributed by atoms with van der Waals surface area (Å²) in [6, 6.07) is 0. The van der Waals surface area contributed by atoms with Gasteiger partial charge >= 0.3 is 0 Å². The summed E-state index contributed by atoms with van der Waals surface area (Å²) in [5.74, 6) is 0.876. The second-order valence-electron chi connectivity index (χ2n) is 5.75. The van der Waals surface area contributed by atoms with Gasteiger partial charge in [-0.3, -0.25) is 9.78 Å². The second-order valence-corrected chi connectivity index (χ2v) is 5.75. The van der Waals surface area contributed by atoms with E-state index in [4.69, 9.17) is 0 Å². The normalized spacial score (nSPS) is 19.1. The van der Waals surface area contributed by atoms with Gasteiger partial charge in [-0.25, -0.2) is 0 Å². The number of aromatic nitrogens is 1. The van der Waals surface area contributed by atoms with Gasteiger partial charge in [0.1, 0.15) is 0 Å². The number of hydrogen-bond acceptors (Lipinski definition) is 2. The van der Waals surface area contributed by atoms with Crippen molar-refractivity contribution in [3.05, 3.63) is 47.2 Å². The summed E-state index contributed by atoms with van der Waals surface area (Å²) >= 11 is 0. The fourth-order valence-corrected chi connectivity index (χ4v) is 3.25. The zero-order valence-corrected chi connectivity index (χ0v) is 11.5. The highest BCUT2D eigenvalue weighted by atomic mass is 16.1. The van der Waals surface area contributed by atoms with Crippen LogP contribution in [0.4, 0.5) is 0 Å². The van der Waals surface area contributed by atoms with E-state index in [0.29, 0.717) is 12.3 Å². The number of ketones is 1. The monoisotopic (exact) mass is 254 g/mol. The molecule has 1 fully saturated rings. The molecule has 3 rings (SSSR count). The highest BCUT2D eigenvalue weighted by molar-refractivity contribution is 6.04. The Kier molecular flexibility index (Phi) is 3.50. The number of carbonyl (C=O) groups is 1. The Balaban J connectivity index is 1.87. The summed E-state index contributed by atoms with van der Waals surface area (Å²) in [5, 5.41) is 0. The molecular weight excluding hydrogens is 234 g/mol. The van der Waals surface area contributed by atoms with Gasteiger partial charge in [0, 0.05) is 25.2 Å². The lowest BCUT2D eigenvalue weighted by Crippen LogP contribution is -2.12. The van der Waals surface area contributed by atoms with Gasteiger partial charge in [0.15, 0.2) is 5.78 Å².